The van der Waals surface area contributed by atoms with Crippen LogP contribution in [-0.2, 0) is 9.53 Å². The Morgan fingerprint density at radius 2 is 2.06 bits per heavy atom. The highest BCUT2D eigenvalue weighted by atomic mass is 19.4. The number of nitrogens with zero attached hydrogens (tertiary/aromatic N) is 2. The third kappa shape index (κ3) is 2.35. The van der Waals surface area contributed by atoms with Gasteiger partial charge in [-0.2, -0.15) is 5.10 Å². The zero-order valence-corrected chi connectivity index (χ0v) is 8.15. The van der Waals surface area contributed by atoms with Gasteiger partial charge in [0.05, 0.1) is 12.1 Å². The summed E-state index contributed by atoms with van der Waals surface area (Å²) < 4.78 is 39.5. The molecule has 2 rings (SSSR count). The van der Waals surface area contributed by atoms with Crippen LogP contribution in [0.1, 0.15) is 6.42 Å². The van der Waals surface area contributed by atoms with Gasteiger partial charge in [0.25, 0.3) is 0 Å². The fraction of sp³-hybridized carbons (Fsp3) is 0.222. The van der Waals surface area contributed by atoms with E-state index in [-0.39, 0.29) is 29.2 Å². The molecular formula is C9H5F3N2O3. The van der Waals surface area contributed by atoms with Gasteiger partial charge in [-0.3, -0.25) is 0 Å². The number of fused-ring (bicyclic) bond motifs is 1. The van der Waals surface area contributed by atoms with E-state index in [1.54, 1.807) is 0 Å². The summed E-state index contributed by atoms with van der Waals surface area (Å²) in [6.45, 7) is 0. The summed E-state index contributed by atoms with van der Waals surface area (Å²) in [4.78, 5) is 10.7. The van der Waals surface area contributed by atoms with Crippen molar-refractivity contribution in [3.05, 3.63) is 23.5 Å². The second-order valence-corrected chi connectivity index (χ2v) is 3.24. The number of rotatable bonds is 2. The average Bonchev–Trinajstić information content (AvgIpc) is 2.57. The summed E-state index contributed by atoms with van der Waals surface area (Å²) in [5, 5.41) is 15.6. The largest absolute Gasteiger partial charge is 0.572 e. The molecule has 0 saturated heterocycles. The zero-order valence-electron chi connectivity index (χ0n) is 8.15. The Balaban J connectivity index is 2.20. The van der Waals surface area contributed by atoms with Crippen LogP contribution in [0.15, 0.2) is 33.7 Å². The summed E-state index contributed by atoms with van der Waals surface area (Å²) in [6, 6.07) is 0. The molecule has 0 atom stereocenters. The van der Waals surface area contributed by atoms with Crippen LogP contribution in [-0.4, -0.2) is 28.9 Å². The summed E-state index contributed by atoms with van der Waals surface area (Å²) in [5.74, 6) is -1.62. The van der Waals surface area contributed by atoms with Gasteiger partial charge >= 0.3 is 12.3 Å². The number of aliphatic carboxylic acids is 1. The maximum atomic E-state index is 11.9. The quantitative estimate of drug-likeness (QED) is 0.804. The van der Waals surface area contributed by atoms with Gasteiger partial charge in [0.15, 0.2) is 5.71 Å². The molecule has 0 unspecified atom stereocenters. The molecule has 0 aromatic rings. The molecule has 8 heteroatoms. The normalized spacial score (nSPS) is 18.8. The molecule has 2 aliphatic rings. The lowest BCUT2D eigenvalue weighted by Gasteiger charge is -2.15. The van der Waals surface area contributed by atoms with Gasteiger partial charge in [-0.25, -0.2) is 4.79 Å². The van der Waals surface area contributed by atoms with Crippen molar-refractivity contribution in [1.29, 1.82) is 0 Å². The van der Waals surface area contributed by atoms with Crippen molar-refractivity contribution < 1.29 is 27.8 Å². The third-order valence-corrected chi connectivity index (χ3v) is 2.06. The molecule has 0 amide bonds. The van der Waals surface area contributed by atoms with Crippen LogP contribution in [0.5, 0.6) is 0 Å². The van der Waals surface area contributed by atoms with E-state index in [2.05, 4.69) is 14.9 Å². The van der Waals surface area contributed by atoms with Crippen LogP contribution in [0.2, 0.25) is 0 Å². The van der Waals surface area contributed by atoms with Gasteiger partial charge in [-0.05, 0) is 12.2 Å². The third-order valence-electron chi connectivity index (χ3n) is 2.06. The molecule has 0 aromatic heterocycles. The van der Waals surface area contributed by atoms with Crippen LogP contribution in [0.3, 0.4) is 0 Å². The van der Waals surface area contributed by atoms with Crippen LogP contribution in [0.4, 0.5) is 13.2 Å². The van der Waals surface area contributed by atoms with Crippen LogP contribution < -0.4 is 0 Å². The molecular weight excluding hydrogens is 241 g/mol. The minimum absolute atomic E-state index is 0.157. The van der Waals surface area contributed by atoms with Gasteiger partial charge in [0.2, 0.25) is 0 Å². The number of carbonyl (C=O) groups is 1. The first-order valence-electron chi connectivity index (χ1n) is 4.42. The average molecular weight is 246 g/mol. The Morgan fingerprint density at radius 3 is 2.65 bits per heavy atom. The minimum Gasteiger partial charge on any atom is -0.476 e. The lowest BCUT2D eigenvalue weighted by Crippen LogP contribution is -2.21. The molecule has 0 fully saturated rings. The van der Waals surface area contributed by atoms with Crippen LogP contribution in [0.25, 0.3) is 0 Å². The van der Waals surface area contributed by atoms with Crippen molar-refractivity contribution in [3.63, 3.8) is 0 Å². The van der Waals surface area contributed by atoms with Crippen molar-refractivity contribution in [2.24, 2.45) is 10.2 Å². The number of allylic oxidation sites excluding steroid dienone is 3. The highest BCUT2D eigenvalue weighted by Crippen LogP contribution is 2.28. The second kappa shape index (κ2) is 3.72. The molecule has 17 heavy (non-hydrogen) atoms. The first-order chi connectivity index (χ1) is 7.87. The van der Waals surface area contributed by atoms with Crippen molar-refractivity contribution >= 4 is 17.4 Å². The molecule has 0 bridgehead atoms. The number of hydrogen-bond acceptors (Lipinski definition) is 4. The molecule has 5 nitrogen and oxygen atoms in total. The first-order valence-corrected chi connectivity index (χ1v) is 4.42. The SMILES string of the molecule is O=C(O)C1=NN=C2CC(OC(F)(F)F)=CC=C21. The Kier molecular flexibility index (Phi) is 2.49. The monoisotopic (exact) mass is 246 g/mol. The van der Waals surface area contributed by atoms with Gasteiger partial charge < -0.3 is 9.84 Å². The Hall–Kier alpha value is -2.12. The van der Waals surface area contributed by atoms with Crippen molar-refractivity contribution in [2.45, 2.75) is 12.8 Å². The highest BCUT2D eigenvalue weighted by Gasteiger charge is 2.35. The standard InChI is InChI=1S/C9H5F3N2O3/c10-9(11,12)17-4-1-2-5-6(3-4)13-14-7(5)8(15)16/h1-2H,3H2,(H,15,16). The van der Waals surface area contributed by atoms with E-state index in [1.165, 1.54) is 6.08 Å². The molecule has 90 valence electrons. The Bertz CT molecular complexity index is 500. The lowest BCUT2D eigenvalue weighted by atomic mass is 9.98. The number of ether oxygens (including phenoxy) is 1. The predicted molar refractivity (Wildman–Crippen MR) is 50.4 cm³/mol. The number of carboxylic acid groups (broad SMARTS) is 1. The number of hydrogen-bond donors (Lipinski definition) is 1. The topological polar surface area (TPSA) is 71.2 Å². The molecule has 1 heterocycles. The van der Waals surface area contributed by atoms with Gasteiger partial charge in [-0.15, -0.1) is 18.3 Å². The van der Waals surface area contributed by atoms with E-state index in [0.29, 0.717) is 0 Å². The summed E-state index contributed by atoms with van der Waals surface area (Å²) in [6.07, 6.45) is -2.74. The van der Waals surface area contributed by atoms with E-state index in [0.717, 1.165) is 6.08 Å². The van der Waals surface area contributed by atoms with E-state index in [1.807, 2.05) is 0 Å². The maximum absolute atomic E-state index is 11.9. The number of carboxylic acids is 1. The predicted octanol–water partition coefficient (Wildman–Crippen LogP) is 1.63. The molecule has 1 aliphatic carbocycles. The number of alkyl halides is 3. The van der Waals surface area contributed by atoms with E-state index < -0.39 is 12.3 Å². The molecule has 0 radical (unpaired) electrons. The van der Waals surface area contributed by atoms with Gasteiger partial charge in [0.1, 0.15) is 5.76 Å². The Morgan fingerprint density at radius 1 is 1.35 bits per heavy atom. The highest BCUT2D eigenvalue weighted by molar-refractivity contribution is 6.51. The molecule has 0 spiro atoms. The summed E-state index contributed by atoms with van der Waals surface area (Å²) >= 11 is 0. The second-order valence-electron chi connectivity index (χ2n) is 3.24. The minimum atomic E-state index is -4.77. The van der Waals surface area contributed by atoms with E-state index >= 15 is 0 Å². The molecule has 0 saturated carbocycles. The van der Waals surface area contributed by atoms with Crippen molar-refractivity contribution in [1.82, 2.24) is 0 Å². The lowest BCUT2D eigenvalue weighted by molar-refractivity contribution is -0.305. The maximum Gasteiger partial charge on any atom is 0.572 e. The number of halogens is 3. The van der Waals surface area contributed by atoms with Gasteiger partial charge in [-0.1, -0.05) is 0 Å². The summed E-state index contributed by atoms with van der Waals surface area (Å²) in [5.41, 5.74) is 0.0958. The summed E-state index contributed by atoms with van der Waals surface area (Å²) in [7, 11) is 0. The van der Waals surface area contributed by atoms with E-state index in [4.69, 9.17) is 5.11 Å². The smallest absolute Gasteiger partial charge is 0.476 e. The zero-order chi connectivity index (χ0) is 12.6. The fourth-order valence-corrected chi connectivity index (χ4v) is 1.44. The first kappa shape index (κ1) is 11.4. The van der Waals surface area contributed by atoms with Crippen molar-refractivity contribution in [2.75, 3.05) is 0 Å². The van der Waals surface area contributed by atoms with E-state index in [9.17, 15) is 18.0 Å². The van der Waals surface area contributed by atoms with Crippen molar-refractivity contribution in [3.8, 4) is 0 Å². The van der Waals surface area contributed by atoms with Gasteiger partial charge in [0, 0.05) is 5.57 Å². The van der Waals surface area contributed by atoms with Crippen LogP contribution >= 0.6 is 0 Å². The Labute approximate surface area is 92.6 Å². The van der Waals surface area contributed by atoms with Crippen LogP contribution in [0, 0.1) is 0 Å². The molecule has 0 aromatic carbocycles. The fourth-order valence-electron chi connectivity index (χ4n) is 1.44. The molecule has 1 aliphatic heterocycles. The molecule has 1 N–H and O–H groups in total.